The maximum atomic E-state index is 14.3. The highest BCUT2D eigenvalue weighted by Crippen LogP contribution is 2.44. The lowest BCUT2D eigenvalue weighted by molar-refractivity contribution is -0.129. The molecule has 2 aliphatic heterocycles. The van der Waals surface area contributed by atoms with Crippen LogP contribution in [0.4, 0.5) is 9.18 Å². The Bertz CT molecular complexity index is 1540. The van der Waals surface area contributed by atoms with E-state index >= 15 is 0 Å². The lowest BCUT2D eigenvalue weighted by Crippen LogP contribution is -2.61. The predicted octanol–water partition coefficient (Wildman–Crippen LogP) is 3.78. The number of amides is 4. The molecule has 2 heterocycles. The summed E-state index contributed by atoms with van der Waals surface area (Å²) in [7, 11) is -4.00. The summed E-state index contributed by atoms with van der Waals surface area (Å²) in [6, 6.07) is 7.31. The minimum absolute atomic E-state index is 0.0508. The molecular weight excluding hydrogens is 616 g/mol. The third kappa shape index (κ3) is 6.62. The normalized spacial score (nSPS) is 21.0. The lowest BCUT2D eigenvalue weighted by atomic mass is 10.0. The van der Waals surface area contributed by atoms with E-state index in [2.05, 4.69) is 5.32 Å². The van der Waals surface area contributed by atoms with Crippen molar-refractivity contribution in [3.8, 4) is 5.75 Å². The molecule has 2 fully saturated rings. The summed E-state index contributed by atoms with van der Waals surface area (Å²) in [6.45, 7) is 3.18. The molecule has 1 aliphatic carbocycles. The van der Waals surface area contributed by atoms with E-state index in [1.165, 1.54) is 17.1 Å². The molecule has 4 amide bonds. The van der Waals surface area contributed by atoms with E-state index in [9.17, 15) is 28.2 Å². The minimum Gasteiger partial charge on any atom is -0.481 e. The van der Waals surface area contributed by atoms with Crippen molar-refractivity contribution in [3.63, 3.8) is 0 Å². The molecule has 0 saturated carbocycles. The molecule has 0 radical (unpaired) electrons. The molecule has 2 aromatic rings. The van der Waals surface area contributed by atoms with Crippen molar-refractivity contribution in [1.29, 1.82) is 0 Å². The quantitative estimate of drug-likeness (QED) is 0.232. The van der Waals surface area contributed by atoms with Crippen LogP contribution in [0.1, 0.15) is 48.9 Å². The van der Waals surface area contributed by atoms with E-state index < -0.39 is 49.7 Å². The van der Waals surface area contributed by atoms with E-state index in [4.69, 9.17) is 26.6 Å². The standard InChI is InChI=1S/C29H34ClFN5O7P/c1-2-3-13-43-44(40,41)17-42-19-7-8-20-21(14-19)25(15-22(20)27(32)37)35-12-11-34-10-9-24(36(34)29(35)39)28(38)33-16-18-5-4-6-23(30)26(18)31/h4-8,14-15,24-25H,2-3,9-13,16-17H2,1H3,(H2,32,37)(H,33,38)(H,40,41)/t24-,25?/m0/s1. The van der Waals surface area contributed by atoms with Crippen molar-refractivity contribution in [2.75, 3.05) is 32.6 Å². The van der Waals surface area contributed by atoms with E-state index in [1.807, 2.05) is 6.92 Å². The Hall–Kier alpha value is -3.48. The van der Waals surface area contributed by atoms with E-state index in [0.29, 0.717) is 43.6 Å². The number of ether oxygens (including phenoxy) is 1. The molecule has 236 valence electrons. The Kier molecular flexibility index (Phi) is 9.62. The summed E-state index contributed by atoms with van der Waals surface area (Å²) in [5.74, 6) is -1.48. The van der Waals surface area contributed by atoms with Gasteiger partial charge in [-0.1, -0.05) is 43.1 Å². The Morgan fingerprint density at radius 2 is 2.02 bits per heavy atom. The molecule has 2 saturated heterocycles. The number of carbonyl (C=O) groups is 3. The third-order valence-electron chi connectivity index (χ3n) is 7.83. The Labute approximate surface area is 259 Å². The topological polar surface area (TPSA) is 155 Å². The van der Waals surface area contributed by atoms with Gasteiger partial charge in [-0.05, 0) is 48.2 Å². The predicted molar refractivity (Wildman–Crippen MR) is 160 cm³/mol. The fourth-order valence-electron chi connectivity index (χ4n) is 5.58. The zero-order valence-electron chi connectivity index (χ0n) is 24.1. The van der Waals surface area contributed by atoms with Crippen molar-refractivity contribution >= 4 is 42.6 Å². The molecule has 0 spiro atoms. The van der Waals surface area contributed by atoms with Crippen LogP contribution < -0.4 is 15.8 Å². The van der Waals surface area contributed by atoms with Crippen molar-refractivity contribution in [3.05, 3.63) is 70.0 Å². The van der Waals surface area contributed by atoms with Gasteiger partial charge in [-0.2, -0.15) is 0 Å². The number of halogens is 2. The number of unbranched alkanes of at least 4 members (excludes halogenated alkanes) is 1. The molecule has 0 bridgehead atoms. The largest absolute Gasteiger partial charge is 0.481 e. The van der Waals surface area contributed by atoms with Gasteiger partial charge >= 0.3 is 13.6 Å². The zero-order chi connectivity index (χ0) is 31.6. The van der Waals surface area contributed by atoms with Crippen LogP contribution in [0.15, 0.2) is 42.5 Å². The molecule has 2 unspecified atom stereocenters. The number of hydrogen-bond acceptors (Lipinski definition) is 7. The van der Waals surface area contributed by atoms with Crippen LogP contribution in [-0.2, 0) is 25.2 Å². The molecule has 5 rings (SSSR count). The van der Waals surface area contributed by atoms with Gasteiger partial charge in [0.15, 0.2) is 6.35 Å². The summed E-state index contributed by atoms with van der Waals surface area (Å²) in [6.07, 6.45) is 2.85. The molecule has 12 nitrogen and oxygen atoms in total. The number of hydrazine groups is 1. The van der Waals surface area contributed by atoms with Gasteiger partial charge in [-0.3, -0.25) is 14.2 Å². The maximum absolute atomic E-state index is 14.3. The number of hydrogen-bond donors (Lipinski definition) is 3. The number of urea groups is 1. The highest BCUT2D eigenvalue weighted by Gasteiger charge is 2.47. The first-order valence-electron chi connectivity index (χ1n) is 14.3. The molecular formula is C29H34ClFN5O7P. The van der Waals surface area contributed by atoms with Crippen LogP contribution in [0.25, 0.3) is 5.57 Å². The van der Waals surface area contributed by atoms with Gasteiger partial charge in [-0.15, -0.1) is 0 Å². The summed E-state index contributed by atoms with van der Waals surface area (Å²) < 4.78 is 37.4. The van der Waals surface area contributed by atoms with Crippen LogP contribution in [0.3, 0.4) is 0 Å². The lowest BCUT2D eigenvalue weighted by Gasteiger charge is -2.43. The smallest absolute Gasteiger partial charge is 0.365 e. The van der Waals surface area contributed by atoms with Gasteiger partial charge in [0, 0.05) is 37.3 Å². The van der Waals surface area contributed by atoms with Crippen molar-refractivity contribution < 1.29 is 37.5 Å². The molecule has 2 aromatic carbocycles. The first-order valence-corrected chi connectivity index (χ1v) is 16.4. The number of nitrogens with two attached hydrogens (primary N) is 1. The number of nitrogens with zero attached hydrogens (tertiary/aromatic N) is 3. The molecule has 4 N–H and O–H groups in total. The van der Waals surface area contributed by atoms with Gasteiger partial charge in [0.1, 0.15) is 17.6 Å². The number of primary amides is 1. The Morgan fingerprint density at radius 3 is 2.77 bits per heavy atom. The monoisotopic (exact) mass is 649 g/mol. The SMILES string of the molecule is CCCCOP(=O)(O)COc1ccc2c(c1)C(N1CCN3CC[C@@H](C(=O)NCc4cccc(Cl)c4F)N3C1=O)C=C2C(N)=O. The van der Waals surface area contributed by atoms with Crippen LogP contribution in [0.5, 0.6) is 5.75 Å². The third-order valence-corrected chi connectivity index (χ3v) is 9.16. The second-order valence-corrected chi connectivity index (χ2v) is 12.9. The summed E-state index contributed by atoms with van der Waals surface area (Å²) in [5.41, 5.74) is 7.17. The van der Waals surface area contributed by atoms with Gasteiger partial charge in [0.05, 0.1) is 17.7 Å². The number of carbonyl (C=O) groups excluding carboxylic acids is 3. The molecule has 44 heavy (non-hydrogen) atoms. The second-order valence-electron chi connectivity index (χ2n) is 10.7. The molecule has 0 aromatic heterocycles. The molecule has 3 atom stereocenters. The van der Waals surface area contributed by atoms with E-state index in [1.54, 1.807) is 40.3 Å². The van der Waals surface area contributed by atoms with Crippen LogP contribution in [0, 0.1) is 5.82 Å². The highest BCUT2D eigenvalue weighted by atomic mass is 35.5. The number of rotatable bonds is 12. The summed E-state index contributed by atoms with van der Waals surface area (Å²) in [5, 5.41) is 5.87. The minimum atomic E-state index is -4.00. The van der Waals surface area contributed by atoms with E-state index in [-0.39, 0.29) is 35.1 Å². The van der Waals surface area contributed by atoms with Crippen LogP contribution in [0.2, 0.25) is 5.02 Å². The van der Waals surface area contributed by atoms with Crippen molar-refractivity contribution in [2.24, 2.45) is 5.73 Å². The summed E-state index contributed by atoms with van der Waals surface area (Å²) in [4.78, 5) is 51.1. The van der Waals surface area contributed by atoms with Crippen LogP contribution in [-0.4, -0.2) is 76.3 Å². The van der Waals surface area contributed by atoms with E-state index in [0.717, 1.165) is 6.42 Å². The second kappa shape index (κ2) is 13.3. The number of nitrogens with one attached hydrogen (secondary N) is 1. The Balaban J connectivity index is 1.33. The first kappa shape index (κ1) is 31.9. The van der Waals surface area contributed by atoms with Gasteiger partial charge in [0.2, 0.25) is 11.8 Å². The zero-order valence-corrected chi connectivity index (χ0v) is 25.7. The average molecular weight is 650 g/mol. The molecule has 3 aliphatic rings. The fraction of sp³-hybridized carbons (Fsp3) is 0.414. The number of fused-ring (bicyclic) bond motifs is 2. The van der Waals surface area contributed by atoms with Gasteiger partial charge < -0.3 is 30.1 Å². The van der Waals surface area contributed by atoms with Crippen molar-refractivity contribution in [1.82, 2.24) is 20.2 Å². The Morgan fingerprint density at radius 1 is 1.23 bits per heavy atom. The fourth-order valence-corrected chi connectivity index (χ4v) is 6.58. The van der Waals surface area contributed by atoms with Crippen molar-refractivity contribution in [2.45, 2.75) is 44.8 Å². The van der Waals surface area contributed by atoms with Crippen LogP contribution >= 0.6 is 19.2 Å². The first-order chi connectivity index (χ1) is 21.0. The highest BCUT2D eigenvalue weighted by molar-refractivity contribution is 7.52. The summed E-state index contributed by atoms with van der Waals surface area (Å²) >= 11 is 5.86. The van der Waals surface area contributed by atoms with Gasteiger partial charge in [0.25, 0.3) is 0 Å². The van der Waals surface area contributed by atoms with Gasteiger partial charge in [-0.25, -0.2) is 19.2 Å². The average Bonchev–Trinajstić information content (AvgIpc) is 3.60. The number of benzene rings is 2. The maximum Gasteiger partial charge on any atom is 0.365 e. The molecule has 15 heteroatoms.